The van der Waals surface area contributed by atoms with Crippen LogP contribution >= 0.6 is 11.6 Å². The van der Waals surface area contributed by atoms with Gasteiger partial charge in [-0.25, -0.2) is 9.78 Å². The van der Waals surface area contributed by atoms with Gasteiger partial charge in [0.1, 0.15) is 11.6 Å². The van der Waals surface area contributed by atoms with Crippen molar-refractivity contribution >= 4 is 40.4 Å². The second-order valence-corrected chi connectivity index (χ2v) is 6.28. The molecule has 3 aromatic rings. The Kier molecular flexibility index (Phi) is 5.65. The Hall–Kier alpha value is -3.33. The van der Waals surface area contributed by atoms with Crippen molar-refractivity contribution in [2.75, 3.05) is 24.9 Å². The number of halogens is 1. The van der Waals surface area contributed by atoms with Crippen LogP contribution in [0.4, 0.5) is 16.6 Å². The van der Waals surface area contributed by atoms with Crippen molar-refractivity contribution in [3.05, 3.63) is 51.4 Å². The number of nitrogens with one attached hydrogen (secondary N) is 3. The number of benzene rings is 1. The number of ether oxygens (including phenoxy) is 2. The first-order chi connectivity index (χ1) is 13.4. The van der Waals surface area contributed by atoms with Crippen LogP contribution in [0.25, 0.3) is 10.9 Å². The number of rotatable bonds is 5. The van der Waals surface area contributed by atoms with Crippen LogP contribution in [0.15, 0.2) is 35.3 Å². The highest BCUT2D eigenvalue weighted by atomic mass is 35.5. The zero-order chi connectivity index (χ0) is 20.3. The van der Waals surface area contributed by atoms with Crippen LogP contribution in [0.5, 0.6) is 5.75 Å². The highest BCUT2D eigenvalue weighted by Gasteiger charge is 2.14. The number of methoxy groups -OCH3 is 2. The number of hydrogen-bond acceptors (Lipinski definition) is 7. The fourth-order valence-electron chi connectivity index (χ4n) is 2.63. The summed E-state index contributed by atoms with van der Waals surface area (Å²) in [6.07, 6.45) is 0.834. The minimum Gasteiger partial charge on any atom is -0.495 e. The minimum atomic E-state index is -0.643. The molecule has 0 fully saturated rings. The van der Waals surface area contributed by atoms with Gasteiger partial charge in [0, 0.05) is 23.2 Å². The molecule has 0 saturated heterocycles. The maximum atomic E-state index is 12.5. The van der Waals surface area contributed by atoms with Gasteiger partial charge in [-0.3, -0.25) is 10.1 Å². The van der Waals surface area contributed by atoms with Gasteiger partial charge in [0.25, 0.3) is 5.56 Å². The number of carbonyl (C=O) groups is 1. The molecule has 146 valence electrons. The quantitative estimate of drug-likeness (QED) is 0.597. The fraction of sp³-hybridized carbons (Fsp3) is 0.222. The van der Waals surface area contributed by atoms with Crippen LogP contribution in [-0.2, 0) is 4.74 Å². The smallest absolute Gasteiger partial charge is 0.412 e. The Morgan fingerprint density at radius 3 is 2.79 bits per heavy atom. The van der Waals surface area contributed by atoms with Crippen molar-refractivity contribution in [3.8, 4) is 5.75 Å². The highest BCUT2D eigenvalue weighted by molar-refractivity contribution is 6.32. The van der Waals surface area contributed by atoms with Gasteiger partial charge in [-0.2, -0.15) is 4.98 Å². The Bertz CT molecular complexity index is 1090. The summed E-state index contributed by atoms with van der Waals surface area (Å²) in [5.74, 6) is 0.989. The van der Waals surface area contributed by atoms with Crippen molar-refractivity contribution in [2.24, 2.45) is 0 Å². The molecule has 3 N–H and O–H groups in total. The van der Waals surface area contributed by atoms with E-state index in [2.05, 4.69) is 30.3 Å². The van der Waals surface area contributed by atoms with E-state index in [4.69, 9.17) is 16.3 Å². The summed E-state index contributed by atoms with van der Waals surface area (Å²) in [6, 6.07) is 6.24. The highest BCUT2D eigenvalue weighted by Crippen LogP contribution is 2.29. The molecule has 10 heteroatoms. The average molecular weight is 404 g/mol. The molecule has 9 nitrogen and oxygen atoms in total. The Labute approximate surface area is 165 Å². The first kappa shape index (κ1) is 19.4. The second kappa shape index (κ2) is 8.13. The monoisotopic (exact) mass is 403 g/mol. The van der Waals surface area contributed by atoms with E-state index in [9.17, 15) is 9.59 Å². The molecule has 0 spiro atoms. The van der Waals surface area contributed by atoms with Crippen molar-refractivity contribution in [1.82, 2.24) is 15.0 Å². The van der Waals surface area contributed by atoms with Crippen LogP contribution in [0.1, 0.15) is 18.5 Å². The lowest BCUT2D eigenvalue weighted by Crippen LogP contribution is -2.20. The van der Waals surface area contributed by atoms with Gasteiger partial charge in [0.05, 0.1) is 30.8 Å². The molecule has 1 atom stereocenters. The Morgan fingerprint density at radius 1 is 1.29 bits per heavy atom. The number of amides is 1. The van der Waals surface area contributed by atoms with E-state index in [0.29, 0.717) is 21.9 Å². The number of anilines is 2. The number of nitrogens with zero attached hydrogens (tertiary/aromatic N) is 2. The van der Waals surface area contributed by atoms with E-state index in [1.807, 2.05) is 0 Å². The fourth-order valence-corrected chi connectivity index (χ4v) is 2.88. The molecule has 0 aliphatic heterocycles. The number of pyridine rings is 1. The van der Waals surface area contributed by atoms with Crippen molar-refractivity contribution in [2.45, 2.75) is 13.0 Å². The molecule has 0 bridgehead atoms. The number of carbonyl (C=O) groups excluding carboxylic acids is 1. The average Bonchev–Trinajstić information content (AvgIpc) is 2.67. The van der Waals surface area contributed by atoms with E-state index in [1.165, 1.54) is 26.5 Å². The summed E-state index contributed by atoms with van der Waals surface area (Å²) >= 11 is 6.18. The van der Waals surface area contributed by atoms with E-state index in [0.717, 1.165) is 5.39 Å². The van der Waals surface area contributed by atoms with Gasteiger partial charge >= 0.3 is 6.09 Å². The summed E-state index contributed by atoms with van der Waals surface area (Å²) < 4.78 is 9.71. The van der Waals surface area contributed by atoms with Gasteiger partial charge in [-0.15, -0.1) is 0 Å². The standard InChI is InChI=1S/C18H18ClN5O4/c1-9(21-17-20-5-4-15(23-17)24-18(26)28-3)11-6-10-7-12(19)14(27-2)8-13(10)22-16(11)25/h4-9H,1-3H3,(H,22,25)(H2,20,21,23,24,26)/t9-/m0/s1. The SMILES string of the molecule is COC(=O)Nc1ccnc(N[C@@H](C)c2cc3cc(Cl)c(OC)cc3[nH]c2=O)n1. The van der Waals surface area contributed by atoms with E-state index >= 15 is 0 Å². The molecule has 1 aromatic carbocycles. The molecule has 2 aromatic heterocycles. The summed E-state index contributed by atoms with van der Waals surface area (Å²) in [7, 11) is 2.76. The molecule has 0 saturated carbocycles. The van der Waals surface area contributed by atoms with Crippen LogP contribution in [-0.4, -0.2) is 35.3 Å². The topological polar surface area (TPSA) is 118 Å². The summed E-state index contributed by atoms with van der Waals surface area (Å²) in [5, 5.41) is 6.69. The first-order valence-electron chi connectivity index (χ1n) is 8.26. The van der Waals surface area contributed by atoms with Crippen molar-refractivity contribution < 1.29 is 14.3 Å². The van der Waals surface area contributed by atoms with Gasteiger partial charge < -0.3 is 19.8 Å². The molecule has 0 radical (unpaired) electrons. The molecular formula is C18H18ClN5O4. The largest absolute Gasteiger partial charge is 0.495 e. The van der Waals surface area contributed by atoms with Crippen LogP contribution < -0.4 is 20.9 Å². The maximum Gasteiger partial charge on any atom is 0.412 e. The number of fused-ring (bicyclic) bond motifs is 1. The van der Waals surface area contributed by atoms with Crippen LogP contribution in [0, 0.1) is 0 Å². The van der Waals surface area contributed by atoms with Gasteiger partial charge in [0.2, 0.25) is 5.95 Å². The lowest BCUT2D eigenvalue weighted by Gasteiger charge is -2.15. The number of hydrogen-bond donors (Lipinski definition) is 3. The van der Waals surface area contributed by atoms with Gasteiger partial charge in [-0.1, -0.05) is 11.6 Å². The number of aromatic nitrogens is 3. The molecular weight excluding hydrogens is 386 g/mol. The van der Waals surface area contributed by atoms with Gasteiger partial charge in [-0.05, 0) is 25.1 Å². The molecule has 2 heterocycles. The molecule has 0 aliphatic rings. The lowest BCUT2D eigenvalue weighted by atomic mass is 10.1. The van der Waals surface area contributed by atoms with Crippen molar-refractivity contribution in [1.29, 1.82) is 0 Å². The molecule has 1 amide bonds. The third kappa shape index (κ3) is 4.15. The zero-order valence-electron chi connectivity index (χ0n) is 15.4. The summed E-state index contributed by atoms with van der Waals surface area (Å²) in [5.41, 5.74) is 0.826. The lowest BCUT2D eigenvalue weighted by molar-refractivity contribution is 0.187. The maximum absolute atomic E-state index is 12.5. The summed E-state index contributed by atoms with van der Waals surface area (Å²) in [4.78, 5) is 34.9. The summed E-state index contributed by atoms with van der Waals surface area (Å²) in [6.45, 7) is 1.80. The second-order valence-electron chi connectivity index (χ2n) is 5.88. The van der Waals surface area contributed by atoms with E-state index < -0.39 is 12.1 Å². The molecule has 0 aliphatic carbocycles. The normalized spacial score (nSPS) is 11.7. The predicted molar refractivity (Wildman–Crippen MR) is 106 cm³/mol. The zero-order valence-corrected chi connectivity index (χ0v) is 16.1. The van der Waals surface area contributed by atoms with Crippen LogP contribution in [0.2, 0.25) is 5.02 Å². The third-order valence-corrected chi connectivity index (χ3v) is 4.32. The third-order valence-electron chi connectivity index (χ3n) is 4.03. The first-order valence-corrected chi connectivity index (χ1v) is 8.64. The Balaban J connectivity index is 1.88. The number of aromatic amines is 1. The van der Waals surface area contributed by atoms with Gasteiger partial charge in [0.15, 0.2) is 0 Å². The molecule has 3 rings (SSSR count). The van der Waals surface area contributed by atoms with Crippen LogP contribution in [0.3, 0.4) is 0 Å². The molecule has 28 heavy (non-hydrogen) atoms. The minimum absolute atomic E-state index is 0.244. The Morgan fingerprint density at radius 2 is 2.07 bits per heavy atom. The van der Waals surface area contributed by atoms with E-state index in [1.54, 1.807) is 25.1 Å². The molecule has 0 unspecified atom stereocenters. The predicted octanol–water partition coefficient (Wildman–Crippen LogP) is 3.33. The van der Waals surface area contributed by atoms with E-state index in [-0.39, 0.29) is 17.3 Å². The number of H-pyrrole nitrogens is 1. The van der Waals surface area contributed by atoms with Crippen molar-refractivity contribution in [3.63, 3.8) is 0 Å².